The van der Waals surface area contributed by atoms with Crippen molar-refractivity contribution in [1.29, 1.82) is 0 Å². The maximum atomic E-state index is 12.4. The number of hydrogen-bond donors (Lipinski definition) is 2. The summed E-state index contributed by atoms with van der Waals surface area (Å²) in [4.78, 5) is 24.7. The zero-order chi connectivity index (χ0) is 19.8. The highest BCUT2D eigenvalue weighted by Gasteiger charge is 2.14. The fraction of sp³-hybridized carbons (Fsp3) is 0.300. The summed E-state index contributed by atoms with van der Waals surface area (Å²) in [5.41, 5.74) is 1.89. The van der Waals surface area contributed by atoms with Crippen molar-refractivity contribution < 1.29 is 9.59 Å². The van der Waals surface area contributed by atoms with Gasteiger partial charge in [-0.15, -0.1) is 11.8 Å². The minimum absolute atomic E-state index is 0.0703. The van der Waals surface area contributed by atoms with Crippen molar-refractivity contribution in [2.45, 2.75) is 32.1 Å². The first-order chi connectivity index (χ1) is 12.9. The Hall–Kier alpha value is -1.69. The third-order valence-corrected chi connectivity index (χ3v) is 5.51. The molecule has 7 heteroatoms. The SMILES string of the molecule is CC[C@H](C)NC(=O)c1ccccc1NC(=O)CSCc1ccc(Cl)cc1Cl. The van der Waals surface area contributed by atoms with Crippen LogP contribution >= 0.6 is 35.0 Å². The summed E-state index contributed by atoms with van der Waals surface area (Å²) in [5.74, 6) is 0.481. The number of carbonyl (C=O) groups is 2. The smallest absolute Gasteiger partial charge is 0.253 e. The first-order valence-electron chi connectivity index (χ1n) is 8.62. The molecule has 0 fully saturated rings. The fourth-order valence-corrected chi connectivity index (χ4v) is 3.66. The van der Waals surface area contributed by atoms with Crippen molar-refractivity contribution in [3.8, 4) is 0 Å². The van der Waals surface area contributed by atoms with Crippen LogP contribution < -0.4 is 10.6 Å². The molecule has 0 aliphatic heterocycles. The van der Waals surface area contributed by atoms with Gasteiger partial charge in [-0.1, -0.05) is 48.3 Å². The predicted octanol–water partition coefficient (Wildman–Crippen LogP) is 5.39. The van der Waals surface area contributed by atoms with Crippen LogP contribution in [0.1, 0.15) is 36.2 Å². The van der Waals surface area contributed by atoms with E-state index in [-0.39, 0.29) is 23.6 Å². The van der Waals surface area contributed by atoms with Gasteiger partial charge >= 0.3 is 0 Å². The molecule has 144 valence electrons. The Balaban J connectivity index is 1.93. The minimum Gasteiger partial charge on any atom is -0.350 e. The Kier molecular flexibility index (Phi) is 8.48. The van der Waals surface area contributed by atoms with E-state index in [9.17, 15) is 9.59 Å². The first-order valence-corrected chi connectivity index (χ1v) is 10.5. The lowest BCUT2D eigenvalue weighted by Gasteiger charge is -2.14. The molecule has 4 nitrogen and oxygen atoms in total. The second-order valence-corrected chi connectivity index (χ2v) is 7.93. The monoisotopic (exact) mass is 424 g/mol. The molecule has 0 spiro atoms. The molecule has 0 bridgehead atoms. The molecule has 27 heavy (non-hydrogen) atoms. The number of thioether (sulfide) groups is 1. The van der Waals surface area contributed by atoms with E-state index in [4.69, 9.17) is 23.2 Å². The number of anilines is 1. The van der Waals surface area contributed by atoms with Gasteiger partial charge in [0, 0.05) is 21.8 Å². The number of nitrogens with one attached hydrogen (secondary N) is 2. The van der Waals surface area contributed by atoms with Gasteiger partial charge < -0.3 is 10.6 Å². The quantitative estimate of drug-likeness (QED) is 0.596. The van der Waals surface area contributed by atoms with Crippen LogP contribution in [0.25, 0.3) is 0 Å². The standard InChI is InChI=1S/C20H22Cl2N2O2S/c1-3-13(2)23-20(26)16-6-4-5-7-18(16)24-19(25)12-27-11-14-8-9-15(21)10-17(14)22/h4-10,13H,3,11-12H2,1-2H3,(H,23,26)(H,24,25)/t13-/m0/s1. The van der Waals surface area contributed by atoms with Crippen molar-refractivity contribution in [3.05, 3.63) is 63.6 Å². The molecule has 0 saturated carbocycles. The number of amides is 2. The lowest BCUT2D eigenvalue weighted by atomic mass is 10.1. The van der Waals surface area contributed by atoms with E-state index >= 15 is 0 Å². The van der Waals surface area contributed by atoms with Gasteiger partial charge in [-0.05, 0) is 43.2 Å². The van der Waals surface area contributed by atoms with Crippen LogP contribution in [0.4, 0.5) is 5.69 Å². The lowest BCUT2D eigenvalue weighted by molar-refractivity contribution is -0.113. The highest BCUT2D eigenvalue weighted by molar-refractivity contribution is 7.99. The van der Waals surface area contributed by atoms with Gasteiger partial charge in [0.15, 0.2) is 0 Å². The molecule has 2 aromatic carbocycles. The second kappa shape index (κ2) is 10.6. The van der Waals surface area contributed by atoms with Crippen LogP contribution in [-0.2, 0) is 10.5 Å². The summed E-state index contributed by atoms with van der Waals surface area (Å²) < 4.78 is 0. The molecule has 0 aliphatic carbocycles. The third-order valence-electron chi connectivity index (χ3n) is 3.94. The van der Waals surface area contributed by atoms with Gasteiger partial charge in [-0.3, -0.25) is 9.59 Å². The Morgan fingerprint density at radius 1 is 1.15 bits per heavy atom. The summed E-state index contributed by atoms with van der Waals surface area (Å²) in [6.45, 7) is 3.94. The van der Waals surface area contributed by atoms with Crippen molar-refractivity contribution in [1.82, 2.24) is 5.32 Å². The number of para-hydroxylation sites is 1. The molecule has 0 radical (unpaired) electrons. The molecule has 2 rings (SSSR count). The largest absolute Gasteiger partial charge is 0.350 e. The molecule has 0 unspecified atom stereocenters. The summed E-state index contributed by atoms with van der Waals surface area (Å²) in [7, 11) is 0. The number of rotatable bonds is 8. The van der Waals surface area contributed by atoms with Gasteiger partial charge in [0.05, 0.1) is 17.0 Å². The fourth-order valence-electron chi connectivity index (χ4n) is 2.27. The number of carbonyl (C=O) groups excluding carboxylic acids is 2. The van der Waals surface area contributed by atoms with Crippen molar-refractivity contribution in [2.24, 2.45) is 0 Å². The number of hydrogen-bond acceptors (Lipinski definition) is 3. The van der Waals surface area contributed by atoms with Gasteiger partial charge in [-0.2, -0.15) is 0 Å². The van der Waals surface area contributed by atoms with Crippen LogP contribution in [0.2, 0.25) is 10.0 Å². The third kappa shape index (κ3) is 6.76. The van der Waals surface area contributed by atoms with Crippen molar-refractivity contribution in [3.63, 3.8) is 0 Å². The second-order valence-electron chi connectivity index (χ2n) is 6.11. The van der Waals surface area contributed by atoms with Crippen LogP contribution in [0.3, 0.4) is 0 Å². The molecule has 1 atom stereocenters. The normalized spacial score (nSPS) is 11.7. The van der Waals surface area contributed by atoms with Crippen molar-refractivity contribution in [2.75, 3.05) is 11.1 Å². The first kappa shape index (κ1) is 21.6. The summed E-state index contributed by atoms with van der Waals surface area (Å²) in [5, 5.41) is 6.90. The van der Waals surface area contributed by atoms with Gasteiger partial charge in [0.25, 0.3) is 5.91 Å². The molecule has 0 saturated heterocycles. The Labute approximate surface area is 174 Å². The Morgan fingerprint density at radius 3 is 2.59 bits per heavy atom. The van der Waals surface area contributed by atoms with E-state index in [1.807, 2.05) is 19.9 Å². The maximum absolute atomic E-state index is 12.4. The van der Waals surface area contributed by atoms with E-state index in [2.05, 4.69) is 10.6 Å². The van der Waals surface area contributed by atoms with E-state index in [1.165, 1.54) is 11.8 Å². The summed E-state index contributed by atoms with van der Waals surface area (Å²) in [6, 6.07) is 12.4. The molecule has 0 aliphatic rings. The Bertz CT molecular complexity index is 814. The highest BCUT2D eigenvalue weighted by Crippen LogP contribution is 2.25. The molecule has 2 aromatic rings. The van der Waals surface area contributed by atoms with E-state index in [0.29, 0.717) is 27.0 Å². The summed E-state index contributed by atoms with van der Waals surface area (Å²) >= 11 is 13.5. The van der Waals surface area contributed by atoms with Crippen LogP contribution in [0.5, 0.6) is 0 Å². The zero-order valence-corrected chi connectivity index (χ0v) is 17.5. The van der Waals surface area contributed by atoms with Crippen molar-refractivity contribution >= 4 is 52.5 Å². The predicted molar refractivity (Wildman–Crippen MR) is 115 cm³/mol. The highest BCUT2D eigenvalue weighted by atomic mass is 35.5. The molecule has 2 amide bonds. The average Bonchev–Trinajstić information content (AvgIpc) is 2.63. The zero-order valence-electron chi connectivity index (χ0n) is 15.2. The van der Waals surface area contributed by atoms with Crippen LogP contribution in [0.15, 0.2) is 42.5 Å². The minimum atomic E-state index is -0.194. The van der Waals surface area contributed by atoms with Gasteiger partial charge in [-0.25, -0.2) is 0 Å². The van der Waals surface area contributed by atoms with E-state index in [0.717, 1.165) is 12.0 Å². The topological polar surface area (TPSA) is 58.2 Å². The maximum Gasteiger partial charge on any atom is 0.253 e. The molecular formula is C20H22Cl2N2O2S. The van der Waals surface area contributed by atoms with E-state index in [1.54, 1.807) is 36.4 Å². The molecular weight excluding hydrogens is 403 g/mol. The number of benzene rings is 2. The molecule has 0 aromatic heterocycles. The summed E-state index contributed by atoms with van der Waals surface area (Å²) in [6.07, 6.45) is 0.837. The number of halogens is 2. The molecule has 2 N–H and O–H groups in total. The van der Waals surface area contributed by atoms with Gasteiger partial charge in [0.2, 0.25) is 5.91 Å². The lowest BCUT2D eigenvalue weighted by Crippen LogP contribution is -2.32. The van der Waals surface area contributed by atoms with E-state index < -0.39 is 0 Å². The Morgan fingerprint density at radius 2 is 1.89 bits per heavy atom. The van der Waals surface area contributed by atoms with Crippen LogP contribution in [-0.4, -0.2) is 23.6 Å². The average molecular weight is 425 g/mol. The van der Waals surface area contributed by atoms with Gasteiger partial charge in [0.1, 0.15) is 0 Å². The van der Waals surface area contributed by atoms with Crippen LogP contribution in [0, 0.1) is 0 Å². The molecule has 0 heterocycles.